The van der Waals surface area contributed by atoms with Gasteiger partial charge in [-0.2, -0.15) is 0 Å². The summed E-state index contributed by atoms with van der Waals surface area (Å²) in [6.45, 7) is 1.86. The summed E-state index contributed by atoms with van der Waals surface area (Å²) in [7, 11) is 0. The van der Waals surface area contributed by atoms with Crippen molar-refractivity contribution < 1.29 is 9.21 Å². The van der Waals surface area contributed by atoms with Crippen molar-refractivity contribution in [3.8, 4) is 0 Å². The summed E-state index contributed by atoms with van der Waals surface area (Å²) < 4.78 is 5.52. The summed E-state index contributed by atoms with van der Waals surface area (Å²) in [6, 6.07) is 6.97. The van der Waals surface area contributed by atoms with E-state index in [1.54, 1.807) is 30.5 Å². The van der Waals surface area contributed by atoms with Crippen LogP contribution in [0.1, 0.15) is 20.4 Å². The normalized spacial score (nSPS) is 11.0. The Morgan fingerprint density at radius 1 is 1.39 bits per heavy atom. The van der Waals surface area contributed by atoms with E-state index in [0.29, 0.717) is 21.2 Å². The van der Waals surface area contributed by atoms with Crippen LogP contribution in [-0.2, 0) is 0 Å². The number of halogens is 1. The highest BCUT2D eigenvalue weighted by molar-refractivity contribution is 7.13. The molecule has 0 amide bonds. The van der Waals surface area contributed by atoms with Crippen LogP contribution in [0.4, 0.5) is 0 Å². The van der Waals surface area contributed by atoms with E-state index < -0.39 is 0 Å². The fourth-order valence-electron chi connectivity index (χ4n) is 1.71. The number of rotatable bonds is 2. The Morgan fingerprint density at radius 3 is 2.94 bits per heavy atom. The number of nitrogens with zero attached hydrogens (tertiary/aromatic N) is 1. The Bertz CT molecular complexity index is 744. The zero-order chi connectivity index (χ0) is 12.7. The van der Waals surface area contributed by atoms with Crippen LogP contribution in [-0.4, -0.2) is 10.8 Å². The first-order valence-corrected chi connectivity index (χ1v) is 6.49. The minimum Gasteiger partial charge on any atom is -0.453 e. The van der Waals surface area contributed by atoms with Gasteiger partial charge in [-0.15, -0.1) is 11.3 Å². The van der Waals surface area contributed by atoms with Gasteiger partial charge in [0.25, 0.3) is 0 Å². The molecule has 0 saturated carbocycles. The zero-order valence-corrected chi connectivity index (χ0v) is 11.0. The summed E-state index contributed by atoms with van der Waals surface area (Å²) in [5, 5.41) is 2.31. The molecule has 0 aliphatic heterocycles. The summed E-state index contributed by atoms with van der Waals surface area (Å²) >= 11 is 7.25. The number of carbonyl (C=O) groups is 1. The van der Waals surface area contributed by atoms with Crippen molar-refractivity contribution >= 4 is 39.7 Å². The summed E-state index contributed by atoms with van der Waals surface area (Å²) in [6.07, 6.45) is 1.57. The number of thiazole rings is 1. The number of carbonyl (C=O) groups excluding carboxylic acids is 1. The highest BCUT2D eigenvalue weighted by Gasteiger charge is 2.16. The summed E-state index contributed by atoms with van der Waals surface area (Å²) in [5.41, 5.74) is 0.656. The number of ketones is 1. The van der Waals surface area contributed by atoms with Crippen LogP contribution in [0.2, 0.25) is 5.02 Å². The molecule has 0 unspecified atom stereocenters. The smallest absolute Gasteiger partial charge is 0.239 e. The van der Waals surface area contributed by atoms with Gasteiger partial charge in [-0.1, -0.05) is 11.6 Å². The van der Waals surface area contributed by atoms with Gasteiger partial charge in [0, 0.05) is 16.6 Å². The van der Waals surface area contributed by atoms with Crippen LogP contribution < -0.4 is 0 Å². The van der Waals surface area contributed by atoms with E-state index in [2.05, 4.69) is 4.98 Å². The van der Waals surface area contributed by atoms with Crippen molar-refractivity contribution in [1.82, 2.24) is 4.98 Å². The van der Waals surface area contributed by atoms with Crippen molar-refractivity contribution in [2.24, 2.45) is 0 Å². The van der Waals surface area contributed by atoms with Crippen molar-refractivity contribution in [1.29, 1.82) is 0 Å². The number of hydrogen-bond donors (Lipinski definition) is 0. The van der Waals surface area contributed by atoms with Gasteiger partial charge < -0.3 is 4.42 Å². The Kier molecular flexibility index (Phi) is 2.69. The molecule has 3 rings (SSSR count). The van der Waals surface area contributed by atoms with Crippen LogP contribution in [0.25, 0.3) is 11.0 Å². The van der Waals surface area contributed by atoms with Crippen molar-refractivity contribution in [3.05, 3.63) is 51.1 Å². The Labute approximate surface area is 112 Å². The largest absolute Gasteiger partial charge is 0.453 e. The number of furan rings is 1. The SMILES string of the molecule is Cc1ncc(C(=O)c2cc3cc(Cl)ccc3o2)s1. The molecule has 90 valence electrons. The highest BCUT2D eigenvalue weighted by atomic mass is 35.5. The molecule has 0 aliphatic carbocycles. The van der Waals surface area contributed by atoms with Gasteiger partial charge in [-0.25, -0.2) is 4.98 Å². The van der Waals surface area contributed by atoms with Crippen LogP contribution >= 0.6 is 22.9 Å². The monoisotopic (exact) mass is 277 g/mol. The second kappa shape index (κ2) is 4.23. The molecule has 0 spiro atoms. The lowest BCUT2D eigenvalue weighted by Gasteiger charge is -1.90. The predicted molar refractivity (Wildman–Crippen MR) is 71.5 cm³/mol. The molecule has 0 saturated heterocycles. The van der Waals surface area contributed by atoms with Gasteiger partial charge >= 0.3 is 0 Å². The molecule has 1 aromatic carbocycles. The predicted octanol–water partition coefficient (Wildman–Crippen LogP) is 4.08. The van der Waals surface area contributed by atoms with E-state index in [0.717, 1.165) is 10.4 Å². The average molecular weight is 278 g/mol. The second-order valence-electron chi connectivity index (χ2n) is 3.87. The molecule has 0 N–H and O–H groups in total. The minimum absolute atomic E-state index is 0.145. The Balaban J connectivity index is 2.06. The molecule has 3 nitrogen and oxygen atoms in total. The standard InChI is InChI=1S/C13H8ClNO2S/c1-7-15-6-12(18-7)13(16)11-5-8-4-9(14)2-3-10(8)17-11/h2-6H,1H3. The first kappa shape index (κ1) is 11.4. The molecule has 0 atom stereocenters. The third kappa shape index (κ3) is 1.94. The van der Waals surface area contributed by atoms with Crippen LogP contribution in [0, 0.1) is 6.92 Å². The van der Waals surface area contributed by atoms with Crippen molar-refractivity contribution in [2.45, 2.75) is 6.92 Å². The van der Waals surface area contributed by atoms with E-state index >= 15 is 0 Å². The van der Waals surface area contributed by atoms with E-state index in [1.165, 1.54) is 11.3 Å². The fraction of sp³-hybridized carbons (Fsp3) is 0.0769. The van der Waals surface area contributed by atoms with Crippen molar-refractivity contribution in [2.75, 3.05) is 0 Å². The quantitative estimate of drug-likeness (QED) is 0.663. The van der Waals surface area contributed by atoms with Gasteiger partial charge in [-0.05, 0) is 31.2 Å². The molecule has 0 bridgehead atoms. The third-order valence-electron chi connectivity index (χ3n) is 2.55. The first-order chi connectivity index (χ1) is 8.63. The lowest BCUT2D eigenvalue weighted by Crippen LogP contribution is -1.95. The molecule has 18 heavy (non-hydrogen) atoms. The van der Waals surface area contributed by atoms with E-state index in [1.807, 2.05) is 6.92 Å². The Hall–Kier alpha value is -1.65. The van der Waals surface area contributed by atoms with Crippen LogP contribution in [0.3, 0.4) is 0 Å². The van der Waals surface area contributed by atoms with Gasteiger partial charge in [0.05, 0.1) is 9.88 Å². The number of hydrogen-bond acceptors (Lipinski definition) is 4. The Morgan fingerprint density at radius 2 is 2.22 bits per heavy atom. The summed E-state index contributed by atoms with van der Waals surface area (Å²) in [5.74, 6) is 0.170. The molecule has 3 aromatic rings. The molecule has 0 radical (unpaired) electrons. The first-order valence-electron chi connectivity index (χ1n) is 5.30. The molecule has 0 aliphatic rings. The topological polar surface area (TPSA) is 43.1 Å². The third-order valence-corrected chi connectivity index (χ3v) is 3.69. The van der Waals surface area contributed by atoms with E-state index in [-0.39, 0.29) is 5.78 Å². The number of aromatic nitrogens is 1. The van der Waals surface area contributed by atoms with Gasteiger partial charge in [0.15, 0.2) is 5.76 Å². The maximum absolute atomic E-state index is 12.2. The molecular formula is C13H8ClNO2S. The average Bonchev–Trinajstić information content (AvgIpc) is 2.93. The number of benzene rings is 1. The van der Waals surface area contributed by atoms with Gasteiger partial charge in [0.2, 0.25) is 5.78 Å². The van der Waals surface area contributed by atoms with Crippen molar-refractivity contribution in [3.63, 3.8) is 0 Å². The van der Waals surface area contributed by atoms with E-state index in [9.17, 15) is 4.79 Å². The number of aryl methyl sites for hydroxylation is 1. The second-order valence-corrected chi connectivity index (χ2v) is 5.54. The van der Waals surface area contributed by atoms with Gasteiger partial charge in [-0.3, -0.25) is 4.79 Å². The molecule has 2 heterocycles. The highest BCUT2D eigenvalue weighted by Crippen LogP contribution is 2.25. The maximum atomic E-state index is 12.2. The summed E-state index contributed by atoms with van der Waals surface area (Å²) in [4.78, 5) is 16.8. The van der Waals surface area contributed by atoms with Crippen LogP contribution in [0.5, 0.6) is 0 Å². The fourth-order valence-corrected chi connectivity index (χ4v) is 2.62. The van der Waals surface area contributed by atoms with Crippen LogP contribution in [0.15, 0.2) is 34.9 Å². The molecule has 2 aromatic heterocycles. The lowest BCUT2D eigenvalue weighted by molar-refractivity contribution is 0.101. The van der Waals surface area contributed by atoms with E-state index in [4.69, 9.17) is 16.0 Å². The molecule has 0 fully saturated rings. The number of fused-ring (bicyclic) bond motifs is 1. The van der Waals surface area contributed by atoms with Gasteiger partial charge in [0.1, 0.15) is 5.58 Å². The minimum atomic E-state index is -0.145. The molecule has 5 heteroatoms. The maximum Gasteiger partial charge on any atom is 0.239 e. The zero-order valence-electron chi connectivity index (χ0n) is 9.44. The molecular weight excluding hydrogens is 270 g/mol. The lowest BCUT2D eigenvalue weighted by atomic mass is 10.2.